The van der Waals surface area contributed by atoms with Crippen LogP contribution in [0.2, 0.25) is 5.02 Å². The number of carbonyl (C=O) groups excluding carboxylic acids is 2. The van der Waals surface area contributed by atoms with Crippen molar-refractivity contribution in [3.63, 3.8) is 0 Å². The second kappa shape index (κ2) is 8.70. The third-order valence-electron chi connectivity index (χ3n) is 3.13. The molecule has 0 fully saturated rings. The molecule has 0 aromatic heterocycles. The second-order valence-corrected chi connectivity index (χ2v) is 6.28. The molecule has 5 nitrogen and oxygen atoms in total. The molecule has 2 N–H and O–H groups in total. The topological polar surface area (TPSA) is 67.4 Å². The van der Waals surface area contributed by atoms with Gasteiger partial charge in [-0.05, 0) is 35.9 Å². The molecule has 0 aliphatic carbocycles. The van der Waals surface area contributed by atoms with Crippen molar-refractivity contribution in [2.45, 2.75) is 6.42 Å². The number of benzene rings is 2. The number of ether oxygens (including phenoxy) is 1. The van der Waals surface area contributed by atoms with Gasteiger partial charge in [-0.3, -0.25) is 9.59 Å². The number of hydrogen-bond acceptors (Lipinski definition) is 3. The van der Waals surface area contributed by atoms with Gasteiger partial charge in [-0.15, -0.1) is 0 Å². The summed E-state index contributed by atoms with van der Waals surface area (Å²) in [5.41, 5.74) is 1.50. The summed E-state index contributed by atoms with van der Waals surface area (Å²) in [5, 5.41) is 5.71. The van der Waals surface area contributed by atoms with E-state index >= 15 is 0 Å². The van der Waals surface area contributed by atoms with Gasteiger partial charge in [0.05, 0.1) is 11.4 Å². The lowest BCUT2D eigenvalue weighted by Crippen LogP contribution is -2.21. The summed E-state index contributed by atoms with van der Waals surface area (Å²) in [6.45, 7) is -0.151. The quantitative estimate of drug-likeness (QED) is 0.765. The average molecular weight is 412 g/mol. The highest BCUT2D eigenvalue weighted by Crippen LogP contribution is 2.27. The smallest absolute Gasteiger partial charge is 0.262 e. The van der Waals surface area contributed by atoms with Crippen LogP contribution in [0.15, 0.2) is 46.9 Å². The zero-order chi connectivity index (χ0) is 17.5. The molecule has 2 amide bonds. The van der Waals surface area contributed by atoms with Crippen molar-refractivity contribution >= 4 is 45.0 Å². The zero-order valence-electron chi connectivity index (χ0n) is 12.9. The van der Waals surface area contributed by atoms with Gasteiger partial charge in [0.25, 0.3) is 5.91 Å². The van der Waals surface area contributed by atoms with Gasteiger partial charge >= 0.3 is 0 Å². The molecule has 7 heteroatoms. The molecule has 24 heavy (non-hydrogen) atoms. The summed E-state index contributed by atoms with van der Waals surface area (Å²) >= 11 is 9.33. The van der Waals surface area contributed by atoms with Crippen molar-refractivity contribution < 1.29 is 14.3 Å². The van der Waals surface area contributed by atoms with Crippen LogP contribution in [0.3, 0.4) is 0 Å². The van der Waals surface area contributed by atoms with Gasteiger partial charge in [0.1, 0.15) is 5.75 Å². The van der Waals surface area contributed by atoms with E-state index in [1.165, 1.54) is 0 Å². The lowest BCUT2D eigenvalue weighted by atomic mass is 10.1. The molecule has 0 unspecified atom stereocenters. The third kappa shape index (κ3) is 5.54. The van der Waals surface area contributed by atoms with Crippen molar-refractivity contribution in [2.75, 3.05) is 19.0 Å². The minimum Gasteiger partial charge on any atom is -0.482 e. The minimum absolute atomic E-state index is 0.0634. The molecule has 0 heterocycles. The van der Waals surface area contributed by atoms with Crippen molar-refractivity contribution in [3.8, 4) is 5.75 Å². The Morgan fingerprint density at radius 2 is 1.83 bits per heavy atom. The Balaban J connectivity index is 1.86. The molecule has 2 aromatic rings. The lowest BCUT2D eigenvalue weighted by Gasteiger charge is -2.09. The summed E-state index contributed by atoms with van der Waals surface area (Å²) in [6.07, 6.45) is 0.301. The second-order valence-electron chi connectivity index (χ2n) is 4.96. The van der Waals surface area contributed by atoms with Gasteiger partial charge in [-0.1, -0.05) is 39.7 Å². The maximum absolute atomic E-state index is 11.9. The van der Waals surface area contributed by atoms with Crippen molar-refractivity contribution in [1.82, 2.24) is 5.32 Å². The molecule has 2 rings (SSSR count). The Kier molecular flexibility index (Phi) is 6.63. The lowest BCUT2D eigenvalue weighted by molar-refractivity contribution is -0.120. The molecule has 0 aliphatic rings. The maximum Gasteiger partial charge on any atom is 0.262 e. The molecule has 0 radical (unpaired) electrons. The molecule has 0 aliphatic heterocycles. The van der Waals surface area contributed by atoms with Crippen LogP contribution in [0.4, 0.5) is 5.69 Å². The van der Waals surface area contributed by atoms with E-state index in [-0.39, 0.29) is 18.4 Å². The summed E-state index contributed by atoms with van der Waals surface area (Å²) < 4.78 is 6.23. The number of likely N-dealkylation sites (N-methyl/N-ethyl adjacent to an activating group) is 1. The highest BCUT2D eigenvalue weighted by atomic mass is 79.9. The van der Waals surface area contributed by atoms with Crippen molar-refractivity contribution in [2.24, 2.45) is 0 Å². The van der Waals surface area contributed by atoms with Crippen LogP contribution in [0, 0.1) is 0 Å². The van der Waals surface area contributed by atoms with Gasteiger partial charge in [0.15, 0.2) is 6.61 Å². The Bertz CT molecular complexity index is 735. The summed E-state index contributed by atoms with van der Waals surface area (Å²) in [6, 6.07) is 12.2. The third-order valence-corrected chi connectivity index (χ3v) is 3.92. The Hall–Kier alpha value is -2.05. The molecule has 0 saturated carbocycles. The van der Waals surface area contributed by atoms with E-state index in [4.69, 9.17) is 16.3 Å². The van der Waals surface area contributed by atoms with E-state index in [9.17, 15) is 9.59 Å². The van der Waals surface area contributed by atoms with Gasteiger partial charge in [-0.25, -0.2) is 0 Å². The summed E-state index contributed by atoms with van der Waals surface area (Å²) in [5.74, 6) is 0.0792. The van der Waals surface area contributed by atoms with Crippen LogP contribution in [0.5, 0.6) is 5.75 Å². The number of halogens is 2. The van der Waals surface area contributed by atoms with Crippen LogP contribution in [0.25, 0.3) is 0 Å². The number of amides is 2. The SMILES string of the molecule is CNC(=O)Cc1ccc(NC(=O)COc2ccc(Br)cc2Cl)cc1. The fourth-order valence-electron chi connectivity index (χ4n) is 1.91. The molecule has 0 atom stereocenters. The van der Waals surface area contributed by atoms with Crippen LogP contribution in [-0.2, 0) is 16.0 Å². The summed E-state index contributed by atoms with van der Waals surface area (Å²) in [4.78, 5) is 23.2. The monoisotopic (exact) mass is 410 g/mol. The first-order valence-electron chi connectivity index (χ1n) is 7.15. The van der Waals surface area contributed by atoms with E-state index in [2.05, 4.69) is 26.6 Å². The maximum atomic E-state index is 11.9. The number of rotatable bonds is 6. The number of carbonyl (C=O) groups is 2. The van der Waals surface area contributed by atoms with Gasteiger partial charge in [0.2, 0.25) is 5.91 Å². The molecule has 126 valence electrons. The standard InChI is InChI=1S/C17H16BrClN2O3/c1-20-16(22)8-11-2-5-13(6-3-11)21-17(23)10-24-15-7-4-12(18)9-14(15)19/h2-7,9H,8,10H2,1H3,(H,20,22)(H,21,23). The highest BCUT2D eigenvalue weighted by molar-refractivity contribution is 9.10. The number of anilines is 1. The Labute approximate surface area is 153 Å². The van der Waals surface area contributed by atoms with E-state index in [1.54, 1.807) is 49.5 Å². The first-order chi connectivity index (χ1) is 11.5. The Morgan fingerprint density at radius 1 is 1.12 bits per heavy atom. The van der Waals surface area contributed by atoms with E-state index in [0.717, 1.165) is 10.0 Å². The van der Waals surface area contributed by atoms with Crippen LogP contribution in [0.1, 0.15) is 5.56 Å². The van der Waals surface area contributed by atoms with Crippen LogP contribution < -0.4 is 15.4 Å². The largest absolute Gasteiger partial charge is 0.482 e. The molecule has 0 spiro atoms. The van der Waals surface area contributed by atoms with E-state index in [1.807, 2.05) is 0 Å². The fraction of sp³-hybridized carbons (Fsp3) is 0.176. The molecule has 0 saturated heterocycles. The molecular weight excluding hydrogens is 396 g/mol. The van der Waals surface area contributed by atoms with Gasteiger partial charge in [0, 0.05) is 17.2 Å². The van der Waals surface area contributed by atoms with Crippen molar-refractivity contribution in [1.29, 1.82) is 0 Å². The van der Waals surface area contributed by atoms with E-state index in [0.29, 0.717) is 22.9 Å². The first kappa shape index (κ1) is 18.3. The number of hydrogen-bond donors (Lipinski definition) is 2. The molecular formula is C17H16BrClN2O3. The Morgan fingerprint density at radius 3 is 2.46 bits per heavy atom. The predicted molar refractivity (Wildman–Crippen MR) is 97.5 cm³/mol. The minimum atomic E-state index is -0.298. The fourth-order valence-corrected chi connectivity index (χ4v) is 2.64. The molecule has 0 bridgehead atoms. The number of nitrogens with one attached hydrogen (secondary N) is 2. The molecule has 2 aromatic carbocycles. The predicted octanol–water partition coefficient (Wildman–Crippen LogP) is 3.41. The van der Waals surface area contributed by atoms with Crippen LogP contribution in [-0.4, -0.2) is 25.5 Å². The zero-order valence-corrected chi connectivity index (χ0v) is 15.3. The highest BCUT2D eigenvalue weighted by Gasteiger charge is 2.07. The van der Waals surface area contributed by atoms with Gasteiger partial charge in [-0.2, -0.15) is 0 Å². The van der Waals surface area contributed by atoms with E-state index < -0.39 is 0 Å². The van der Waals surface area contributed by atoms with Crippen molar-refractivity contribution in [3.05, 3.63) is 57.5 Å². The average Bonchev–Trinajstić information content (AvgIpc) is 2.55. The first-order valence-corrected chi connectivity index (χ1v) is 8.32. The normalized spacial score (nSPS) is 10.1. The summed E-state index contributed by atoms with van der Waals surface area (Å²) in [7, 11) is 1.59. The van der Waals surface area contributed by atoms with Gasteiger partial charge < -0.3 is 15.4 Å². The van der Waals surface area contributed by atoms with Crippen LogP contribution >= 0.6 is 27.5 Å².